The number of nitrogens with one attached hydrogen (secondary N) is 1. The molecule has 0 unspecified atom stereocenters. The minimum atomic E-state index is -0.959. The predicted octanol–water partition coefficient (Wildman–Crippen LogP) is 3.64. The lowest BCUT2D eigenvalue weighted by Crippen LogP contribution is -2.30. The highest BCUT2D eigenvalue weighted by molar-refractivity contribution is 5.99. The van der Waals surface area contributed by atoms with E-state index in [-0.39, 0.29) is 5.78 Å². The number of ether oxygens (including phenoxy) is 1. The van der Waals surface area contributed by atoms with Crippen LogP contribution in [0.15, 0.2) is 48.5 Å². The van der Waals surface area contributed by atoms with E-state index >= 15 is 0 Å². The van der Waals surface area contributed by atoms with Gasteiger partial charge in [-0.2, -0.15) is 0 Å². The quantitative estimate of drug-likeness (QED) is 0.644. The summed E-state index contributed by atoms with van der Waals surface area (Å²) in [6, 6.07) is 13.7. The number of hydrogen-bond acceptors (Lipinski definition) is 4. The second-order valence-electron chi connectivity index (χ2n) is 5.72. The van der Waals surface area contributed by atoms with E-state index in [2.05, 4.69) is 5.32 Å². The van der Waals surface area contributed by atoms with E-state index in [4.69, 9.17) is 4.74 Å². The Balaban J connectivity index is 1.98. The topological polar surface area (TPSA) is 72.5 Å². The average Bonchev–Trinajstić information content (AvgIpc) is 2.61. The smallest absolute Gasteiger partial charge is 0.338 e. The summed E-state index contributed by atoms with van der Waals surface area (Å²) in [5.41, 5.74) is 2.49. The summed E-state index contributed by atoms with van der Waals surface area (Å²) in [6.07, 6.45) is -0.0765. The average molecular weight is 339 g/mol. The Morgan fingerprint density at radius 3 is 2.32 bits per heavy atom. The first-order valence-electron chi connectivity index (χ1n) is 8.12. The number of amides is 1. The largest absolute Gasteiger partial charge is 0.449 e. The number of aryl methyl sites for hydroxylation is 1. The molecular weight excluding hydrogens is 318 g/mol. The van der Waals surface area contributed by atoms with Gasteiger partial charge in [-0.1, -0.05) is 31.2 Å². The van der Waals surface area contributed by atoms with E-state index in [1.54, 1.807) is 36.4 Å². The van der Waals surface area contributed by atoms with Crippen LogP contribution in [0.1, 0.15) is 47.1 Å². The number of esters is 1. The summed E-state index contributed by atoms with van der Waals surface area (Å²) in [5, 5.41) is 2.64. The molecule has 0 aliphatic heterocycles. The van der Waals surface area contributed by atoms with Crippen molar-refractivity contribution in [2.24, 2.45) is 0 Å². The van der Waals surface area contributed by atoms with Crippen LogP contribution in [-0.2, 0) is 16.0 Å². The van der Waals surface area contributed by atoms with Gasteiger partial charge in [-0.15, -0.1) is 0 Å². The minimum absolute atomic E-state index is 0.0916. The van der Waals surface area contributed by atoms with Crippen LogP contribution in [0.4, 0.5) is 5.69 Å². The number of anilines is 1. The fourth-order valence-corrected chi connectivity index (χ4v) is 2.22. The van der Waals surface area contributed by atoms with Crippen molar-refractivity contribution in [2.45, 2.75) is 33.3 Å². The fraction of sp³-hybridized carbons (Fsp3) is 0.250. The molecule has 25 heavy (non-hydrogen) atoms. The summed E-state index contributed by atoms with van der Waals surface area (Å²) in [5.74, 6) is -1.10. The zero-order chi connectivity index (χ0) is 18.4. The number of carbonyl (C=O) groups excluding carboxylic acids is 3. The van der Waals surface area contributed by atoms with E-state index < -0.39 is 18.0 Å². The third kappa shape index (κ3) is 5.01. The Kier molecular flexibility index (Phi) is 6.06. The highest BCUT2D eigenvalue weighted by Crippen LogP contribution is 2.13. The van der Waals surface area contributed by atoms with E-state index in [0.717, 1.165) is 12.0 Å². The van der Waals surface area contributed by atoms with Gasteiger partial charge in [0.2, 0.25) is 0 Å². The van der Waals surface area contributed by atoms with Gasteiger partial charge in [-0.3, -0.25) is 9.59 Å². The lowest BCUT2D eigenvalue weighted by atomic mass is 10.1. The van der Waals surface area contributed by atoms with Gasteiger partial charge in [-0.25, -0.2) is 4.79 Å². The highest BCUT2D eigenvalue weighted by Gasteiger charge is 2.19. The van der Waals surface area contributed by atoms with Gasteiger partial charge in [0.25, 0.3) is 5.91 Å². The van der Waals surface area contributed by atoms with Crippen LogP contribution >= 0.6 is 0 Å². The summed E-state index contributed by atoms with van der Waals surface area (Å²) < 4.78 is 5.20. The molecule has 130 valence electrons. The second kappa shape index (κ2) is 8.24. The van der Waals surface area contributed by atoms with E-state index in [9.17, 15) is 14.4 Å². The normalized spacial score (nSPS) is 11.5. The van der Waals surface area contributed by atoms with Crippen molar-refractivity contribution >= 4 is 23.3 Å². The Morgan fingerprint density at radius 2 is 1.72 bits per heavy atom. The molecule has 0 aliphatic carbocycles. The maximum absolute atomic E-state index is 12.2. The molecule has 1 amide bonds. The maximum Gasteiger partial charge on any atom is 0.338 e. The Labute approximate surface area is 147 Å². The summed E-state index contributed by atoms with van der Waals surface area (Å²) in [7, 11) is 0. The molecular formula is C20H21NO4. The zero-order valence-electron chi connectivity index (χ0n) is 14.5. The zero-order valence-corrected chi connectivity index (χ0v) is 14.5. The van der Waals surface area contributed by atoms with Gasteiger partial charge < -0.3 is 10.1 Å². The van der Waals surface area contributed by atoms with Gasteiger partial charge in [0.1, 0.15) is 0 Å². The van der Waals surface area contributed by atoms with E-state index in [1.165, 1.54) is 13.8 Å². The lowest BCUT2D eigenvalue weighted by molar-refractivity contribution is -0.123. The van der Waals surface area contributed by atoms with Gasteiger partial charge in [0.15, 0.2) is 11.9 Å². The van der Waals surface area contributed by atoms with Crippen molar-refractivity contribution in [3.63, 3.8) is 0 Å². The van der Waals surface area contributed by atoms with Crippen LogP contribution in [0, 0.1) is 0 Å². The molecule has 0 heterocycles. The van der Waals surface area contributed by atoms with Crippen molar-refractivity contribution in [3.05, 3.63) is 65.2 Å². The standard InChI is InChI=1S/C20H21NO4/c1-4-15-8-10-16(11-9-15)20(24)25-14(3)19(23)21-18-7-5-6-17(12-18)13(2)22/h5-12,14H,4H2,1-3H3,(H,21,23)/t14-/m1/s1. The summed E-state index contributed by atoms with van der Waals surface area (Å²) >= 11 is 0. The summed E-state index contributed by atoms with van der Waals surface area (Å²) in [6.45, 7) is 4.98. The first-order chi connectivity index (χ1) is 11.9. The van der Waals surface area contributed by atoms with Crippen LogP contribution in [0.3, 0.4) is 0 Å². The van der Waals surface area contributed by atoms with Crippen molar-refractivity contribution in [3.8, 4) is 0 Å². The van der Waals surface area contributed by atoms with Crippen LogP contribution in [0.2, 0.25) is 0 Å². The number of carbonyl (C=O) groups is 3. The lowest BCUT2D eigenvalue weighted by Gasteiger charge is -2.14. The molecule has 0 saturated carbocycles. The summed E-state index contributed by atoms with van der Waals surface area (Å²) in [4.78, 5) is 35.7. The first kappa shape index (κ1) is 18.4. The Hall–Kier alpha value is -2.95. The third-order valence-electron chi connectivity index (χ3n) is 3.79. The van der Waals surface area contributed by atoms with Gasteiger partial charge in [0.05, 0.1) is 5.56 Å². The molecule has 1 atom stereocenters. The molecule has 0 bridgehead atoms. The van der Waals surface area contributed by atoms with Crippen LogP contribution in [0.5, 0.6) is 0 Å². The SMILES string of the molecule is CCc1ccc(C(=O)O[C@H](C)C(=O)Nc2cccc(C(C)=O)c2)cc1. The molecule has 0 spiro atoms. The Morgan fingerprint density at radius 1 is 1.04 bits per heavy atom. The van der Waals surface area contributed by atoms with Gasteiger partial charge in [0, 0.05) is 11.3 Å². The van der Waals surface area contributed by atoms with E-state index in [1.807, 2.05) is 19.1 Å². The monoisotopic (exact) mass is 339 g/mol. The molecule has 5 nitrogen and oxygen atoms in total. The van der Waals surface area contributed by atoms with E-state index in [0.29, 0.717) is 16.8 Å². The van der Waals surface area contributed by atoms with Crippen molar-refractivity contribution in [1.82, 2.24) is 0 Å². The number of hydrogen-bond donors (Lipinski definition) is 1. The second-order valence-corrected chi connectivity index (χ2v) is 5.72. The molecule has 0 aromatic heterocycles. The fourth-order valence-electron chi connectivity index (χ4n) is 2.22. The molecule has 2 rings (SSSR count). The van der Waals surface area contributed by atoms with Crippen LogP contribution in [0.25, 0.3) is 0 Å². The van der Waals surface area contributed by atoms with Crippen LogP contribution < -0.4 is 5.32 Å². The molecule has 0 saturated heterocycles. The number of ketones is 1. The highest BCUT2D eigenvalue weighted by atomic mass is 16.5. The van der Waals surface area contributed by atoms with Crippen molar-refractivity contribution in [1.29, 1.82) is 0 Å². The first-order valence-corrected chi connectivity index (χ1v) is 8.12. The van der Waals surface area contributed by atoms with Gasteiger partial charge >= 0.3 is 5.97 Å². The molecule has 0 aliphatic rings. The van der Waals surface area contributed by atoms with Crippen molar-refractivity contribution < 1.29 is 19.1 Å². The minimum Gasteiger partial charge on any atom is -0.449 e. The van der Waals surface area contributed by atoms with Crippen molar-refractivity contribution in [2.75, 3.05) is 5.32 Å². The van der Waals surface area contributed by atoms with Crippen LogP contribution in [-0.4, -0.2) is 23.8 Å². The molecule has 5 heteroatoms. The molecule has 1 N–H and O–H groups in total. The molecule has 0 fully saturated rings. The number of benzene rings is 2. The third-order valence-corrected chi connectivity index (χ3v) is 3.79. The molecule has 0 radical (unpaired) electrons. The number of rotatable bonds is 6. The maximum atomic E-state index is 12.2. The number of Topliss-reactive ketones (excluding diaryl/α,β-unsaturated/α-hetero) is 1. The Bertz CT molecular complexity index is 781. The van der Waals surface area contributed by atoms with Gasteiger partial charge in [-0.05, 0) is 50.1 Å². The molecule has 2 aromatic carbocycles. The molecule has 2 aromatic rings. The predicted molar refractivity (Wildman–Crippen MR) is 95.8 cm³/mol.